The van der Waals surface area contributed by atoms with Crippen LogP contribution in [-0.2, 0) is 0 Å². The summed E-state index contributed by atoms with van der Waals surface area (Å²) >= 11 is 0. The Morgan fingerprint density at radius 1 is 1.17 bits per heavy atom. The molecule has 2 nitrogen and oxygen atoms in total. The summed E-state index contributed by atoms with van der Waals surface area (Å²) in [4.78, 5) is 5.27. The summed E-state index contributed by atoms with van der Waals surface area (Å²) in [7, 11) is 2.01. The van der Waals surface area contributed by atoms with Gasteiger partial charge in [0.2, 0.25) is 0 Å². The molecule has 0 aliphatic carbocycles. The van der Waals surface area contributed by atoms with Gasteiger partial charge in [0, 0.05) is 47.7 Å². The van der Waals surface area contributed by atoms with E-state index in [9.17, 15) is 0 Å². The average molecular weight is 234 g/mol. The third-order valence-corrected chi connectivity index (χ3v) is 2.99. The van der Waals surface area contributed by atoms with E-state index in [1.165, 1.54) is 10.9 Å². The molecule has 88 valence electrons. The van der Waals surface area contributed by atoms with Crippen LogP contribution < -0.4 is 0 Å². The first-order valence-electron chi connectivity index (χ1n) is 5.94. The fraction of sp³-hybridized carbons (Fsp3) is 0.0625. The van der Waals surface area contributed by atoms with Gasteiger partial charge in [-0.3, -0.25) is 0 Å². The SMILES string of the molecule is CN1C=CC(=C=Cc2c[nH]c3ccccc23)C=C1. The van der Waals surface area contributed by atoms with Crippen molar-refractivity contribution in [2.75, 3.05) is 7.05 Å². The third-order valence-electron chi connectivity index (χ3n) is 2.99. The standard InChI is InChI=1S/C16H14N2/c1-18-10-8-13(9-11-18)6-7-14-12-17-16-5-3-2-4-15(14)16/h2-5,7-12,17H,1H3. The van der Waals surface area contributed by atoms with Crippen molar-refractivity contribution in [1.82, 2.24) is 9.88 Å². The van der Waals surface area contributed by atoms with E-state index in [1.54, 1.807) is 0 Å². The quantitative estimate of drug-likeness (QED) is 0.746. The molecule has 1 aliphatic rings. The summed E-state index contributed by atoms with van der Waals surface area (Å²) in [5.74, 6) is 0. The molecule has 2 aromatic rings. The van der Waals surface area contributed by atoms with Crippen LogP contribution in [0.2, 0.25) is 0 Å². The molecule has 3 rings (SSSR count). The number of para-hydroxylation sites is 1. The monoisotopic (exact) mass is 234 g/mol. The summed E-state index contributed by atoms with van der Waals surface area (Å²) in [6.07, 6.45) is 12.2. The van der Waals surface area contributed by atoms with E-state index in [2.05, 4.69) is 28.9 Å². The number of fused-ring (bicyclic) bond motifs is 1. The van der Waals surface area contributed by atoms with Gasteiger partial charge in [0.05, 0.1) is 0 Å². The molecule has 0 unspecified atom stereocenters. The van der Waals surface area contributed by atoms with Gasteiger partial charge in [-0.15, -0.1) is 5.73 Å². The molecule has 0 amide bonds. The van der Waals surface area contributed by atoms with Crippen molar-refractivity contribution in [3.63, 3.8) is 0 Å². The largest absolute Gasteiger partial charge is 0.361 e. The Morgan fingerprint density at radius 2 is 1.94 bits per heavy atom. The van der Waals surface area contributed by atoms with Crippen molar-refractivity contribution in [3.05, 3.63) is 71.9 Å². The second-order valence-electron chi connectivity index (χ2n) is 4.33. The first kappa shape index (κ1) is 10.7. The Balaban J connectivity index is 2.00. The molecule has 2 heterocycles. The molecule has 0 spiro atoms. The van der Waals surface area contributed by atoms with Crippen LogP contribution >= 0.6 is 0 Å². The van der Waals surface area contributed by atoms with Crippen molar-refractivity contribution in [3.8, 4) is 0 Å². The second kappa shape index (κ2) is 4.44. The highest BCUT2D eigenvalue weighted by Gasteiger charge is 1.98. The van der Waals surface area contributed by atoms with Gasteiger partial charge < -0.3 is 9.88 Å². The Bertz CT molecular complexity index is 679. The van der Waals surface area contributed by atoms with E-state index >= 15 is 0 Å². The maximum atomic E-state index is 3.31. The summed E-state index contributed by atoms with van der Waals surface area (Å²) in [5.41, 5.74) is 6.71. The van der Waals surface area contributed by atoms with E-state index in [0.717, 1.165) is 11.1 Å². The molecule has 0 atom stereocenters. The van der Waals surface area contributed by atoms with Crippen molar-refractivity contribution in [2.24, 2.45) is 0 Å². The molecule has 2 heteroatoms. The number of hydrogen-bond acceptors (Lipinski definition) is 1. The lowest BCUT2D eigenvalue weighted by Gasteiger charge is -2.10. The zero-order chi connectivity index (χ0) is 12.4. The van der Waals surface area contributed by atoms with Crippen molar-refractivity contribution in [1.29, 1.82) is 0 Å². The lowest BCUT2D eigenvalue weighted by atomic mass is 10.1. The Morgan fingerprint density at radius 3 is 2.78 bits per heavy atom. The van der Waals surface area contributed by atoms with Gasteiger partial charge >= 0.3 is 0 Å². The molecule has 18 heavy (non-hydrogen) atoms. The highest BCUT2D eigenvalue weighted by molar-refractivity contribution is 5.88. The number of hydrogen-bond donors (Lipinski definition) is 1. The Labute approximate surface area is 106 Å². The minimum absolute atomic E-state index is 1.08. The van der Waals surface area contributed by atoms with Crippen LogP contribution in [0.1, 0.15) is 5.56 Å². The number of benzene rings is 1. The molecular weight excluding hydrogens is 220 g/mol. The Hall–Kier alpha value is -2.44. The molecule has 0 fully saturated rings. The number of aromatic amines is 1. The molecule has 1 aromatic heterocycles. The summed E-state index contributed by atoms with van der Waals surface area (Å²) in [6, 6.07) is 8.28. The van der Waals surface area contributed by atoms with E-state index in [-0.39, 0.29) is 0 Å². The van der Waals surface area contributed by atoms with Crippen LogP contribution in [0, 0.1) is 0 Å². The molecule has 1 N–H and O–H groups in total. The minimum Gasteiger partial charge on any atom is -0.361 e. The number of allylic oxidation sites excluding steroid dienone is 3. The van der Waals surface area contributed by atoms with Gasteiger partial charge in [0.1, 0.15) is 0 Å². The third kappa shape index (κ3) is 2.02. The lowest BCUT2D eigenvalue weighted by molar-refractivity contribution is 0.620. The van der Waals surface area contributed by atoms with Gasteiger partial charge in [-0.05, 0) is 24.3 Å². The fourth-order valence-electron chi connectivity index (χ4n) is 1.97. The number of nitrogens with one attached hydrogen (secondary N) is 1. The summed E-state index contributed by atoms with van der Waals surface area (Å²) < 4.78 is 0. The normalized spacial score (nSPS) is 14.1. The Kier molecular flexibility index (Phi) is 2.64. The zero-order valence-corrected chi connectivity index (χ0v) is 10.2. The average Bonchev–Trinajstić information content (AvgIpc) is 2.82. The van der Waals surface area contributed by atoms with Crippen molar-refractivity contribution in [2.45, 2.75) is 0 Å². The summed E-state index contributed by atoms with van der Waals surface area (Å²) in [5, 5.41) is 1.23. The highest BCUT2D eigenvalue weighted by Crippen LogP contribution is 2.19. The van der Waals surface area contributed by atoms with E-state index in [4.69, 9.17) is 0 Å². The van der Waals surface area contributed by atoms with Crippen LogP contribution in [0.15, 0.2) is 66.3 Å². The van der Waals surface area contributed by atoms with Gasteiger partial charge in [-0.2, -0.15) is 0 Å². The van der Waals surface area contributed by atoms with Crippen LogP contribution in [-0.4, -0.2) is 16.9 Å². The number of aromatic nitrogens is 1. The van der Waals surface area contributed by atoms with Crippen LogP contribution in [0.5, 0.6) is 0 Å². The molecule has 0 bridgehead atoms. The number of H-pyrrole nitrogens is 1. The summed E-state index contributed by atoms with van der Waals surface area (Å²) in [6.45, 7) is 0. The highest BCUT2D eigenvalue weighted by atomic mass is 15.0. The van der Waals surface area contributed by atoms with Crippen molar-refractivity contribution >= 4 is 17.0 Å². The first-order chi connectivity index (χ1) is 8.83. The first-order valence-corrected chi connectivity index (χ1v) is 5.94. The van der Waals surface area contributed by atoms with Crippen molar-refractivity contribution < 1.29 is 0 Å². The topological polar surface area (TPSA) is 19.0 Å². The molecule has 0 radical (unpaired) electrons. The number of nitrogens with zero attached hydrogens (tertiary/aromatic N) is 1. The molecule has 1 aromatic carbocycles. The molecular formula is C16H14N2. The van der Waals surface area contributed by atoms with Gasteiger partial charge in [0.25, 0.3) is 0 Å². The van der Waals surface area contributed by atoms with E-state index in [1.807, 2.05) is 54.8 Å². The smallest absolute Gasteiger partial charge is 0.0460 e. The van der Waals surface area contributed by atoms with Crippen LogP contribution in [0.3, 0.4) is 0 Å². The minimum atomic E-state index is 1.08. The molecule has 1 aliphatic heterocycles. The maximum Gasteiger partial charge on any atom is 0.0460 e. The number of rotatable bonds is 1. The fourth-order valence-corrected chi connectivity index (χ4v) is 1.97. The van der Waals surface area contributed by atoms with Gasteiger partial charge in [-0.25, -0.2) is 0 Å². The lowest BCUT2D eigenvalue weighted by Crippen LogP contribution is -2.02. The van der Waals surface area contributed by atoms with E-state index in [0.29, 0.717) is 0 Å². The van der Waals surface area contributed by atoms with Gasteiger partial charge in [0.15, 0.2) is 0 Å². The molecule has 0 saturated carbocycles. The molecule has 0 saturated heterocycles. The second-order valence-corrected chi connectivity index (χ2v) is 4.33. The van der Waals surface area contributed by atoms with E-state index < -0.39 is 0 Å². The predicted octanol–water partition coefficient (Wildman–Crippen LogP) is 3.68. The van der Waals surface area contributed by atoms with Crippen LogP contribution in [0.25, 0.3) is 17.0 Å². The van der Waals surface area contributed by atoms with Crippen LogP contribution in [0.4, 0.5) is 0 Å². The maximum absolute atomic E-state index is 3.31. The predicted molar refractivity (Wildman–Crippen MR) is 75.8 cm³/mol. The van der Waals surface area contributed by atoms with Gasteiger partial charge in [-0.1, -0.05) is 18.2 Å². The zero-order valence-electron chi connectivity index (χ0n) is 10.2.